The van der Waals surface area contributed by atoms with Crippen LogP contribution >= 0.6 is 0 Å². The Labute approximate surface area is 109 Å². The van der Waals surface area contributed by atoms with E-state index in [4.69, 9.17) is 5.84 Å². The van der Waals surface area contributed by atoms with Crippen molar-refractivity contribution in [2.45, 2.75) is 52.5 Å². The maximum absolute atomic E-state index is 5.33. The van der Waals surface area contributed by atoms with Crippen molar-refractivity contribution < 1.29 is 0 Å². The predicted octanol–water partition coefficient (Wildman–Crippen LogP) is 2.45. The van der Waals surface area contributed by atoms with Crippen LogP contribution < -0.4 is 16.6 Å². The molecule has 18 heavy (non-hydrogen) atoms. The number of nitrogens with zero attached hydrogens (tertiary/aromatic N) is 2. The van der Waals surface area contributed by atoms with E-state index in [0.29, 0.717) is 17.4 Å². The molecular weight excluding hydrogens is 226 g/mol. The summed E-state index contributed by atoms with van der Waals surface area (Å²) >= 11 is 0. The first-order chi connectivity index (χ1) is 8.50. The van der Waals surface area contributed by atoms with E-state index in [9.17, 15) is 0 Å². The average Bonchev–Trinajstić information content (AvgIpc) is 2.34. The first-order valence-corrected chi connectivity index (χ1v) is 6.57. The van der Waals surface area contributed by atoms with Crippen LogP contribution in [0.4, 0.5) is 11.8 Å². The van der Waals surface area contributed by atoms with Crippen molar-refractivity contribution in [1.29, 1.82) is 0 Å². The summed E-state index contributed by atoms with van der Waals surface area (Å²) in [6.07, 6.45) is 6.70. The Morgan fingerprint density at radius 2 is 2.00 bits per heavy atom. The molecular formula is C13H23N5. The van der Waals surface area contributed by atoms with E-state index < -0.39 is 0 Å². The van der Waals surface area contributed by atoms with Crippen LogP contribution in [0.3, 0.4) is 0 Å². The fourth-order valence-electron chi connectivity index (χ4n) is 2.39. The van der Waals surface area contributed by atoms with Crippen molar-refractivity contribution >= 4 is 11.8 Å². The number of hydrazine groups is 1. The van der Waals surface area contributed by atoms with Gasteiger partial charge in [-0.3, -0.25) is 5.43 Å². The SMILES string of the molecule is Cc1cnc(NN)nc1NC1CCC(C)(C)CC1. The minimum absolute atomic E-state index is 0.458. The topological polar surface area (TPSA) is 75.9 Å². The van der Waals surface area contributed by atoms with Crippen LogP contribution in [0.1, 0.15) is 45.1 Å². The van der Waals surface area contributed by atoms with Gasteiger partial charge < -0.3 is 5.32 Å². The lowest BCUT2D eigenvalue weighted by atomic mass is 9.75. The van der Waals surface area contributed by atoms with E-state index in [1.807, 2.05) is 6.92 Å². The molecule has 0 unspecified atom stereocenters. The predicted molar refractivity (Wildman–Crippen MR) is 74.2 cm³/mol. The first-order valence-electron chi connectivity index (χ1n) is 6.57. The van der Waals surface area contributed by atoms with Crippen molar-refractivity contribution in [3.05, 3.63) is 11.8 Å². The van der Waals surface area contributed by atoms with Crippen LogP contribution in [0.5, 0.6) is 0 Å². The molecule has 1 aromatic rings. The normalized spacial score (nSPS) is 19.6. The molecule has 1 fully saturated rings. The quantitative estimate of drug-likeness (QED) is 0.566. The molecule has 2 rings (SSSR count). The number of rotatable bonds is 3. The molecule has 100 valence electrons. The zero-order valence-electron chi connectivity index (χ0n) is 11.5. The second kappa shape index (κ2) is 5.10. The van der Waals surface area contributed by atoms with Gasteiger partial charge in [-0.1, -0.05) is 13.8 Å². The van der Waals surface area contributed by atoms with Gasteiger partial charge in [0.1, 0.15) is 5.82 Å². The minimum Gasteiger partial charge on any atom is -0.367 e. The van der Waals surface area contributed by atoms with Gasteiger partial charge in [0.25, 0.3) is 0 Å². The van der Waals surface area contributed by atoms with Crippen molar-refractivity contribution in [3.63, 3.8) is 0 Å². The third-order valence-corrected chi connectivity index (χ3v) is 3.78. The van der Waals surface area contributed by atoms with Crippen LogP contribution in [-0.2, 0) is 0 Å². The van der Waals surface area contributed by atoms with Gasteiger partial charge >= 0.3 is 0 Å². The number of hydrogen-bond acceptors (Lipinski definition) is 5. The molecule has 0 aliphatic heterocycles. The first kappa shape index (κ1) is 13.1. The summed E-state index contributed by atoms with van der Waals surface area (Å²) in [6.45, 7) is 6.70. The Balaban J connectivity index is 2.01. The van der Waals surface area contributed by atoms with Gasteiger partial charge in [-0.15, -0.1) is 0 Å². The molecule has 1 aromatic heterocycles. The molecule has 0 bridgehead atoms. The molecule has 4 N–H and O–H groups in total. The number of anilines is 2. The molecule has 0 radical (unpaired) electrons. The molecule has 1 saturated carbocycles. The van der Waals surface area contributed by atoms with E-state index in [1.54, 1.807) is 6.20 Å². The lowest BCUT2D eigenvalue weighted by Crippen LogP contribution is -2.30. The number of nitrogen functional groups attached to an aromatic ring is 1. The number of nitrogens with one attached hydrogen (secondary N) is 2. The van der Waals surface area contributed by atoms with Crippen LogP contribution in [0.25, 0.3) is 0 Å². The molecule has 5 nitrogen and oxygen atoms in total. The highest BCUT2D eigenvalue weighted by Crippen LogP contribution is 2.36. The molecule has 1 heterocycles. The van der Waals surface area contributed by atoms with Gasteiger partial charge in [-0.05, 0) is 38.0 Å². The Bertz CT molecular complexity index is 406. The number of aromatic nitrogens is 2. The van der Waals surface area contributed by atoms with E-state index in [-0.39, 0.29) is 0 Å². The number of hydrogen-bond donors (Lipinski definition) is 3. The molecule has 5 heteroatoms. The van der Waals surface area contributed by atoms with Crippen molar-refractivity contribution in [1.82, 2.24) is 9.97 Å². The van der Waals surface area contributed by atoms with Crippen molar-refractivity contribution in [2.75, 3.05) is 10.7 Å². The highest BCUT2D eigenvalue weighted by atomic mass is 15.3. The summed E-state index contributed by atoms with van der Waals surface area (Å²) in [4.78, 5) is 8.45. The highest BCUT2D eigenvalue weighted by Gasteiger charge is 2.27. The third-order valence-electron chi connectivity index (χ3n) is 3.78. The van der Waals surface area contributed by atoms with Gasteiger partial charge in [0, 0.05) is 17.8 Å². The maximum Gasteiger partial charge on any atom is 0.239 e. The summed E-state index contributed by atoms with van der Waals surface area (Å²) in [6, 6.07) is 0.511. The lowest BCUT2D eigenvalue weighted by molar-refractivity contribution is 0.232. The monoisotopic (exact) mass is 249 g/mol. The van der Waals surface area contributed by atoms with Crippen LogP contribution in [0.2, 0.25) is 0 Å². The van der Waals surface area contributed by atoms with Gasteiger partial charge in [-0.2, -0.15) is 4.98 Å². The standard InChI is InChI=1S/C13H23N5/c1-9-8-15-12(18-14)17-11(9)16-10-4-6-13(2,3)7-5-10/h8,10H,4-7,14H2,1-3H3,(H2,15,16,17,18). The van der Waals surface area contributed by atoms with E-state index in [0.717, 1.165) is 11.4 Å². The largest absolute Gasteiger partial charge is 0.367 e. The Hall–Kier alpha value is -1.36. The van der Waals surface area contributed by atoms with E-state index >= 15 is 0 Å². The summed E-state index contributed by atoms with van der Waals surface area (Å²) < 4.78 is 0. The van der Waals surface area contributed by atoms with E-state index in [2.05, 4.69) is 34.6 Å². The molecule has 1 aliphatic rings. The van der Waals surface area contributed by atoms with Crippen LogP contribution in [0, 0.1) is 12.3 Å². The van der Waals surface area contributed by atoms with Crippen molar-refractivity contribution in [2.24, 2.45) is 11.3 Å². The Morgan fingerprint density at radius 3 is 2.61 bits per heavy atom. The van der Waals surface area contributed by atoms with Gasteiger partial charge in [0.2, 0.25) is 5.95 Å². The Kier molecular flexibility index (Phi) is 3.71. The number of nitrogens with two attached hydrogens (primary N) is 1. The smallest absolute Gasteiger partial charge is 0.239 e. The minimum atomic E-state index is 0.458. The zero-order chi connectivity index (χ0) is 13.2. The molecule has 0 saturated heterocycles. The Morgan fingerprint density at radius 1 is 1.33 bits per heavy atom. The summed E-state index contributed by atoms with van der Waals surface area (Å²) in [5.74, 6) is 6.68. The summed E-state index contributed by atoms with van der Waals surface area (Å²) in [7, 11) is 0. The fraction of sp³-hybridized carbons (Fsp3) is 0.692. The van der Waals surface area contributed by atoms with Crippen LogP contribution in [-0.4, -0.2) is 16.0 Å². The van der Waals surface area contributed by atoms with Crippen molar-refractivity contribution in [3.8, 4) is 0 Å². The van der Waals surface area contributed by atoms with Gasteiger partial charge in [0.05, 0.1) is 0 Å². The molecule has 0 aromatic carbocycles. The summed E-state index contributed by atoms with van der Waals surface area (Å²) in [5.41, 5.74) is 4.03. The molecule has 0 amide bonds. The zero-order valence-corrected chi connectivity index (χ0v) is 11.5. The lowest BCUT2D eigenvalue weighted by Gasteiger charge is -2.35. The van der Waals surface area contributed by atoms with E-state index in [1.165, 1.54) is 25.7 Å². The number of aryl methyl sites for hydroxylation is 1. The van der Waals surface area contributed by atoms with Gasteiger partial charge in [0.15, 0.2) is 0 Å². The maximum atomic E-state index is 5.33. The van der Waals surface area contributed by atoms with Gasteiger partial charge in [-0.25, -0.2) is 10.8 Å². The molecule has 0 atom stereocenters. The average molecular weight is 249 g/mol. The fourth-order valence-corrected chi connectivity index (χ4v) is 2.39. The second-order valence-corrected chi connectivity index (χ2v) is 5.95. The molecule has 1 aliphatic carbocycles. The third kappa shape index (κ3) is 3.10. The summed E-state index contributed by atoms with van der Waals surface area (Å²) in [5, 5.41) is 3.51. The molecule has 0 spiro atoms. The van der Waals surface area contributed by atoms with Crippen LogP contribution in [0.15, 0.2) is 6.20 Å². The second-order valence-electron chi connectivity index (χ2n) is 5.95. The highest BCUT2D eigenvalue weighted by molar-refractivity contribution is 5.46.